The molecule has 3 atom stereocenters. The number of carbonyl (C=O) groups excluding carboxylic acids is 2. The van der Waals surface area contributed by atoms with Crippen LogP contribution in [0.3, 0.4) is 0 Å². The molecule has 0 aliphatic carbocycles. The van der Waals surface area contributed by atoms with Gasteiger partial charge in [-0.05, 0) is 71.5 Å². The van der Waals surface area contributed by atoms with Gasteiger partial charge in [0.15, 0.2) is 0 Å². The molecule has 0 saturated carbocycles. The van der Waals surface area contributed by atoms with Crippen molar-refractivity contribution in [3.05, 3.63) is 123 Å². The number of nitrogens with zero attached hydrogens (tertiary/aromatic N) is 2. The van der Waals surface area contributed by atoms with Crippen LogP contribution in [0.15, 0.2) is 84.9 Å². The number of amides is 2. The Kier molecular flexibility index (Phi) is 10.4. The van der Waals surface area contributed by atoms with Crippen LogP contribution >= 0.6 is 23.2 Å². The van der Waals surface area contributed by atoms with Gasteiger partial charge >= 0.3 is 5.97 Å². The average molecular weight is 703 g/mol. The number of aliphatic carboxylic acids is 1. The van der Waals surface area contributed by atoms with Crippen LogP contribution in [0.4, 0.5) is 5.69 Å². The number of hydrogen-bond donors (Lipinski definition) is 2. The fourth-order valence-electron chi connectivity index (χ4n) is 6.52. The second-order valence-corrected chi connectivity index (χ2v) is 13.1. The fraction of sp³-hybridized carbons (Fsp3) is 0.289. The van der Waals surface area contributed by atoms with Crippen molar-refractivity contribution < 1.29 is 29.0 Å². The summed E-state index contributed by atoms with van der Waals surface area (Å²) in [6.45, 7) is 2.93. The summed E-state index contributed by atoms with van der Waals surface area (Å²) in [4.78, 5) is 42.1. The van der Waals surface area contributed by atoms with Crippen molar-refractivity contribution in [3.63, 3.8) is 0 Å². The number of likely N-dealkylation sites (N-methyl/N-ethyl adjacent to an activating group) is 1. The monoisotopic (exact) mass is 701 g/mol. The Labute approximate surface area is 295 Å². The summed E-state index contributed by atoms with van der Waals surface area (Å²) in [6.07, 6.45) is 0.171. The van der Waals surface area contributed by atoms with E-state index < -0.39 is 18.1 Å². The van der Waals surface area contributed by atoms with E-state index in [1.165, 1.54) is 0 Å². The quantitative estimate of drug-likeness (QED) is 0.171. The van der Waals surface area contributed by atoms with Crippen molar-refractivity contribution in [2.75, 3.05) is 18.5 Å². The lowest BCUT2D eigenvalue weighted by molar-refractivity contribution is -0.137. The number of carboxylic acids is 1. The molecule has 0 bridgehead atoms. The van der Waals surface area contributed by atoms with Crippen molar-refractivity contribution in [2.24, 2.45) is 0 Å². The molecule has 0 unspecified atom stereocenters. The van der Waals surface area contributed by atoms with Crippen molar-refractivity contribution in [1.29, 1.82) is 0 Å². The van der Waals surface area contributed by atoms with Gasteiger partial charge in [-0.1, -0.05) is 78.7 Å². The third kappa shape index (κ3) is 7.54. The Balaban J connectivity index is 1.24. The normalized spacial score (nSPS) is 17.8. The van der Waals surface area contributed by atoms with E-state index in [-0.39, 0.29) is 30.8 Å². The SMILES string of the molecule is CC[C@@H](c1ccccc1)N1Cc2cc3c(cc2C[C@H]1C(=O)NCCC(=O)O)N(C)C(=O)[C@H](c1ccc(OCc2ccc(Cl)c(Cl)c2)cc1)O3. The largest absolute Gasteiger partial charge is 0.489 e. The Morgan fingerprint density at radius 3 is 2.45 bits per heavy atom. The number of halogens is 2. The number of benzene rings is 4. The number of anilines is 1. The molecular formula is C38H37Cl2N3O6. The Hall–Kier alpha value is -4.57. The van der Waals surface area contributed by atoms with E-state index in [1.807, 2.05) is 48.5 Å². The summed E-state index contributed by atoms with van der Waals surface area (Å²) in [5, 5.41) is 12.9. The van der Waals surface area contributed by atoms with Crippen LogP contribution in [0, 0.1) is 0 Å². The molecule has 11 heteroatoms. The lowest BCUT2D eigenvalue weighted by Crippen LogP contribution is -2.51. The standard InChI is InChI=1S/C38H37Cl2N3O6/c1-3-31(24-7-5-4-6-8-24)43-21-27-20-34-32(18-26(27)19-33(43)37(46)41-16-15-35(44)45)42(2)38(47)36(49-34)25-10-12-28(13-11-25)48-22-23-9-14-29(39)30(40)17-23/h4-14,17-18,20,31,33,36H,3,15-16,19,21-22H2,1-2H3,(H,41,46)(H,44,45)/t31-,33-,36-/m0/s1. The predicted octanol–water partition coefficient (Wildman–Crippen LogP) is 7.14. The third-order valence-electron chi connectivity index (χ3n) is 9.09. The summed E-state index contributed by atoms with van der Waals surface area (Å²) in [6, 6.07) is 26.0. The highest BCUT2D eigenvalue weighted by Gasteiger charge is 2.39. The molecular weight excluding hydrogens is 665 g/mol. The number of hydrogen-bond acceptors (Lipinski definition) is 6. The second-order valence-electron chi connectivity index (χ2n) is 12.3. The van der Waals surface area contributed by atoms with Crippen molar-refractivity contribution >= 4 is 46.7 Å². The maximum absolute atomic E-state index is 13.6. The van der Waals surface area contributed by atoms with Crippen molar-refractivity contribution in [3.8, 4) is 11.5 Å². The van der Waals surface area contributed by atoms with E-state index in [4.69, 9.17) is 37.8 Å². The summed E-state index contributed by atoms with van der Waals surface area (Å²) >= 11 is 12.1. The van der Waals surface area contributed by atoms with Crippen LogP contribution in [0.2, 0.25) is 10.0 Å². The maximum atomic E-state index is 13.6. The van der Waals surface area contributed by atoms with E-state index >= 15 is 0 Å². The Morgan fingerprint density at radius 2 is 1.76 bits per heavy atom. The number of carboxylic acid groups (broad SMARTS) is 1. The molecule has 2 N–H and O–H groups in total. The van der Waals surface area contributed by atoms with Gasteiger partial charge in [0.25, 0.3) is 5.91 Å². The third-order valence-corrected chi connectivity index (χ3v) is 9.83. The summed E-state index contributed by atoms with van der Waals surface area (Å²) in [7, 11) is 1.73. The molecule has 0 spiro atoms. The van der Waals surface area contributed by atoms with Gasteiger partial charge in [-0.25, -0.2) is 0 Å². The molecule has 2 amide bonds. The van der Waals surface area contributed by atoms with Crippen LogP contribution < -0.4 is 19.7 Å². The highest BCUT2D eigenvalue weighted by Crippen LogP contribution is 2.43. The lowest BCUT2D eigenvalue weighted by Gasteiger charge is -2.42. The molecule has 0 aromatic heterocycles. The van der Waals surface area contributed by atoms with Gasteiger partial charge in [0, 0.05) is 31.7 Å². The minimum atomic E-state index is -0.969. The second kappa shape index (κ2) is 14.9. The first-order chi connectivity index (χ1) is 23.6. The average Bonchev–Trinajstić information content (AvgIpc) is 3.10. The topological polar surface area (TPSA) is 108 Å². The van der Waals surface area contributed by atoms with Gasteiger partial charge in [0.05, 0.1) is 28.2 Å². The first-order valence-corrected chi connectivity index (χ1v) is 17.0. The van der Waals surface area contributed by atoms with E-state index in [0.29, 0.717) is 52.4 Å². The minimum Gasteiger partial charge on any atom is -0.489 e. The van der Waals surface area contributed by atoms with E-state index in [1.54, 1.807) is 36.2 Å². The Morgan fingerprint density at radius 1 is 1.00 bits per heavy atom. The molecule has 254 valence electrons. The van der Waals surface area contributed by atoms with E-state index in [0.717, 1.165) is 28.7 Å². The Bertz CT molecular complexity index is 1850. The predicted molar refractivity (Wildman–Crippen MR) is 188 cm³/mol. The smallest absolute Gasteiger partial charge is 0.305 e. The molecule has 4 aromatic rings. The molecule has 2 heterocycles. The molecule has 4 aromatic carbocycles. The maximum Gasteiger partial charge on any atom is 0.305 e. The zero-order chi connectivity index (χ0) is 34.7. The first kappa shape index (κ1) is 34.3. The van der Waals surface area contributed by atoms with Gasteiger partial charge < -0.3 is 24.8 Å². The molecule has 2 aliphatic heterocycles. The molecule has 0 saturated heterocycles. The number of fused-ring (bicyclic) bond motifs is 2. The molecule has 49 heavy (non-hydrogen) atoms. The van der Waals surface area contributed by atoms with Crippen molar-refractivity contribution in [2.45, 2.75) is 57.5 Å². The fourth-order valence-corrected chi connectivity index (χ4v) is 6.84. The van der Waals surface area contributed by atoms with Gasteiger partial charge in [-0.3, -0.25) is 19.3 Å². The number of ether oxygens (including phenoxy) is 2. The highest BCUT2D eigenvalue weighted by atomic mass is 35.5. The van der Waals surface area contributed by atoms with Crippen LogP contribution in [0.5, 0.6) is 11.5 Å². The molecule has 6 rings (SSSR count). The molecule has 2 aliphatic rings. The highest BCUT2D eigenvalue weighted by molar-refractivity contribution is 6.42. The molecule has 0 fully saturated rings. The van der Waals surface area contributed by atoms with Gasteiger partial charge in [0.1, 0.15) is 18.1 Å². The van der Waals surface area contributed by atoms with Crippen LogP contribution in [-0.2, 0) is 34.0 Å². The van der Waals surface area contributed by atoms with E-state index in [9.17, 15) is 14.4 Å². The molecule has 0 radical (unpaired) electrons. The first-order valence-electron chi connectivity index (χ1n) is 16.2. The summed E-state index contributed by atoms with van der Waals surface area (Å²) in [5.41, 5.74) is 5.26. The lowest BCUT2D eigenvalue weighted by atomic mass is 9.88. The van der Waals surface area contributed by atoms with Crippen LogP contribution in [-0.4, -0.2) is 47.4 Å². The van der Waals surface area contributed by atoms with Crippen LogP contribution in [0.25, 0.3) is 0 Å². The minimum absolute atomic E-state index is 0.0454. The number of rotatable bonds is 11. The molecule has 9 nitrogen and oxygen atoms in total. The number of carbonyl (C=O) groups is 3. The van der Waals surface area contributed by atoms with Crippen LogP contribution in [0.1, 0.15) is 59.7 Å². The summed E-state index contributed by atoms with van der Waals surface area (Å²) < 4.78 is 12.3. The van der Waals surface area contributed by atoms with Gasteiger partial charge in [-0.2, -0.15) is 0 Å². The zero-order valence-corrected chi connectivity index (χ0v) is 28.7. The van der Waals surface area contributed by atoms with E-state index in [2.05, 4.69) is 29.3 Å². The summed E-state index contributed by atoms with van der Waals surface area (Å²) in [5.74, 6) is -0.186. The zero-order valence-electron chi connectivity index (χ0n) is 27.2. The van der Waals surface area contributed by atoms with Gasteiger partial charge in [-0.15, -0.1) is 0 Å². The number of nitrogens with one attached hydrogen (secondary N) is 1. The van der Waals surface area contributed by atoms with Gasteiger partial charge in [0.2, 0.25) is 12.0 Å². The van der Waals surface area contributed by atoms with Crippen molar-refractivity contribution in [1.82, 2.24) is 10.2 Å².